The van der Waals surface area contributed by atoms with E-state index in [4.69, 9.17) is 4.18 Å². The molecule has 146 valence electrons. The number of nitrogens with zero attached hydrogens (tertiary/aromatic N) is 1. The molecule has 1 aromatic carbocycles. The van der Waals surface area contributed by atoms with E-state index in [1.54, 1.807) is 19.1 Å². The van der Waals surface area contributed by atoms with Gasteiger partial charge in [0.2, 0.25) is 5.91 Å². The van der Waals surface area contributed by atoms with Crippen molar-refractivity contribution in [3.05, 3.63) is 29.8 Å². The first kappa shape index (κ1) is 20.7. The van der Waals surface area contributed by atoms with Crippen molar-refractivity contribution in [1.29, 1.82) is 0 Å². The molecule has 1 fully saturated rings. The first-order valence-electron chi connectivity index (χ1n) is 9.61. The lowest BCUT2D eigenvalue weighted by molar-refractivity contribution is -0.133. The average molecular weight is 382 g/mol. The molecule has 6 heteroatoms. The van der Waals surface area contributed by atoms with Gasteiger partial charge in [-0.2, -0.15) is 8.42 Å². The number of carbonyl (C=O) groups is 1. The summed E-state index contributed by atoms with van der Waals surface area (Å²) in [6, 6.07) is 7.05. The van der Waals surface area contributed by atoms with Gasteiger partial charge in [-0.1, -0.05) is 37.8 Å². The normalized spacial score (nSPS) is 15.4. The van der Waals surface area contributed by atoms with Crippen molar-refractivity contribution in [3.63, 3.8) is 0 Å². The molecule has 1 aliphatic rings. The maximum Gasteiger partial charge on any atom is 0.308 e. The molecule has 2 rings (SSSR count). The number of hydrogen-bond acceptors (Lipinski definition) is 4. The predicted octanol–water partition coefficient (Wildman–Crippen LogP) is 4.12. The van der Waals surface area contributed by atoms with Crippen LogP contribution in [0.25, 0.3) is 0 Å². The summed E-state index contributed by atoms with van der Waals surface area (Å²) < 4.78 is 28.0. The zero-order chi connectivity index (χ0) is 19.2. The molecule has 0 saturated heterocycles. The van der Waals surface area contributed by atoms with Crippen molar-refractivity contribution in [2.24, 2.45) is 5.92 Å². The largest absolute Gasteiger partial charge is 0.382 e. The van der Waals surface area contributed by atoms with Crippen LogP contribution in [0, 0.1) is 5.92 Å². The smallest absolute Gasteiger partial charge is 0.308 e. The van der Waals surface area contributed by atoms with E-state index in [-0.39, 0.29) is 17.7 Å². The van der Waals surface area contributed by atoms with Crippen LogP contribution in [0.15, 0.2) is 24.3 Å². The molecule has 0 aliphatic heterocycles. The lowest BCUT2D eigenvalue weighted by Gasteiger charge is -2.27. The summed E-state index contributed by atoms with van der Waals surface area (Å²) in [5.74, 6) is 1.15. The molecule has 1 aromatic rings. The van der Waals surface area contributed by atoms with Crippen molar-refractivity contribution in [2.45, 2.75) is 71.9 Å². The molecule has 0 spiro atoms. The second-order valence-electron chi connectivity index (χ2n) is 7.38. The van der Waals surface area contributed by atoms with Crippen molar-refractivity contribution < 1.29 is 17.4 Å². The zero-order valence-corrected chi connectivity index (χ0v) is 16.9. The van der Waals surface area contributed by atoms with Crippen LogP contribution in [-0.4, -0.2) is 31.0 Å². The Morgan fingerprint density at radius 2 is 1.81 bits per heavy atom. The Morgan fingerprint density at radius 3 is 2.35 bits per heavy atom. The van der Waals surface area contributed by atoms with Gasteiger partial charge < -0.3 is 9.08 Å². The van der Waals surface area contributed by atoms with Gasteiger partial charge in [0.25, 0.3) is 0 Å². The molecule has 0 N–H and O–H groups in total. The number of amides is 1. The highest BCUT2D eigenvalue weighted by atomic mass is 32.2. The summed E-state index contributed by atoms with van der Waals surface area (Å²) in [6.45, 7) is 6.13. The minimum Gasteiger partial charge on any atom is -0.382 e. The highest BCUT2D eigenvalue weighted by Crippen LogP contribution is 2.29. The van der Waals surface area contributed by atoms with Crippen LogP contribution in [0.1, 0.15) is 64.9 Å². The molecule has 1 saturated carbocycles. The van der Waals surface area contributed by atoms with E-state index in [1.165, 1.54) is 25.7 Å². The molecule has 1 amide bonds. The Balaban J connectivity index is 1.94. The number of carbonyl (C=O) groups excluding carboxylic acids is 1. The van der Waals surface area contributed by atoms with Crippen LogP contribution < -0.4 is 4.18 Å². The molecule has 5 nitrogen and oxygen atoms in total. The van der Waals surface area contributed by atoms with Gasteiger partial charge in [-0.05, 0) is 50.8 Å². The molecule has 0 heterocycles. The number of hydrogen-bond donors (Lipinski definition) is 0. The minimum atomic E-state index is -3.52. The van der Waals surface area contributed by atoms with E-state index in [0.717, 1.165) is 12.0 Å². The Kier molecular flexibility index (Phi) is 7.50. The maximum absolute atomic E-state index is 12.7. The summed E-state index contributed by atoms with van der Waals surface area (Å²) in [5.41, 5.74) is 0.967. The molecule has 26 heavy (non-hydrogen) atoms. The summed E-state index contributed by atoms with van der Waals surface area (Å²) in [7, 11) is -3.52. The highest BCUT2D eigenvalue weighted by Gasteiger charge is 2.21. The lowest BCUT2D eigenvalue weighted by Crippen LogP contribution is -2.36. The topological polar surface area (TPSA) is 63.7 Å². The summed E-state index contributed by atoms with van der Waals surface area (Å²) in [6.07, 6.45) is 6.72. The van der Waals surface area contributed by atoms with Crippen molar-refractivity contribution >= 4 is 16.0 Å². The predicted molar refractivity (Wildman–Crippen MR) is 103 cm³/mol. The highest BCUT2D eigenvalue weighted by molar-refractivity contribution is 7.87. The Bertz CT molecular complexity index is 676. The molecule has 0 atom stereocenters. The standard InChI is InChI=1S/C20H31NO4S/c1-4-26(23,24)25-19-12-9-18(10-13-19)15-21(16(2)3)20(22)14-11-17-7-5-6-8-17/h9-10,12-13,16-17H,4-8,11,14-15H2,1-3H3. The van der Waals surface area contributed by atoms with E-state index in [2.05, 4.69) is 0 Å². The van der Waals surface area contributed by atoms with Crippen molar-refractivity contribution in [3.8, 4) is 5.75 Å². The van der Waals surface area contributed by atoms with E-state index < -0.39 is 10.1 Å². The van der Waals surface area contributed by atoms with Gasteiger partial charge in [0.1, 0.15) is 5.75 Å². The molecule has 0 aromatic heterocycles. The zero-order valence-electron chi connectivity index (χ0n) is 16.1. The Morgan fingerprint density at radius 1 is 1.19 bits per heavy atom. The third-order valence-corrected chi connectivity index (χ3v) is 6.19. The van der Waals surface area contributed by atoms with Gasteiger partial charge in [-0.3, -0.25) is 4.79 Å². The fourth-order valence-electron chi connectivity index (χ4n) is 3.38. The quantitative estimate of drug-likeness (QED) is 0.604. The van der Waals surface area contributed by atoms with Crippen LogP contribution in [0.2, 0.25) is 0 Å². The second kappa shape index (κ2) is 9.40. The number of rotatable bonds is 9. The summed E-state index contributed by atoms with van der Waals surface area (Å²) >= 11 is 0. The molecule has 0 unspecified atom stereocenters. The van der Waals surface area contributed by atoms with Gasteiger partial charge in [-0.25, -0.2) is 0 Å². The monoisotopic (exact) mass is 381 g/mol. The lowest BCUT2D eigenvalue weighted by atomic mass is 10.0. The van der Waals surface area contributed by atoms with Crippen LogP contribution in [-0.2, 0) is 21.5 Å². The fourth-order valence-corrected chi connectivity index (χ4v) is 3.90. The first-order chi connectivity index (χ1) is 12.3. The second-order valence-corrected chi connectivity index (χ2v) is 9.24. The third-order valence-electron chi connectivity index (χ3n) is 5.04. The first-order valence-corrected chi connectivity index (χ1v) is 11.2. The van der Waals surface area contributed by atoms with Gasteiger partial charge in [0, 0.05) is 19.0 Å². The van der Waals surface area contributed by atoms with Crippen LogP contribution in [0.3, 0.4) is 0 Å². The molecular weight excluding hydrogens is 350 g/mol. The maximum atomic E-state index is 12.7. The molecule has 1 aliphatic carbocycles. The van der Waals surface area contributed by atoms with Crippen LogP contribution in [0.4, 0.5) is 0 Å². The van der Waals surface area contributed by atoms with E-state index >= 15 is 0 Å². The molecule has 0 bridgehead atoms. The van der Waals surface area contributed by atoms with Crippen LogP contribution >= 0.6 is 0 Å². The van der Waals surface area contributed by atoms with Crippen molar-refractivity contribution in [2.75, 3.05) is 5.75 Å². The van der Waals surface area contributed by atoms with E-state index in [0.29, 0.717) is 24.6 Å². The third kappa shape index (κ3) is 6.31. The fraction of sp³-hybridized carbons (Fsp3) is 0.650. The van der Waals surface area contributed by atoms with Gasteiger partial charge in [0.05, 0.1) is 5.75 Å². The SMILES string of the molecule is CCS(=O)(=O)Oc1ccc(CN(C(=O)CCC2CCCC2)C(C)C)cc1. The Labute approximate surface area is 157 Å². The van der Waals surface area contributed by atoms with E-state index in [9.17, 15) is 13.2 Å². The molecular formula is C20H31NO4S. The molecule has 0 radical (unpaired) electrons. The van der Waals surface area contributed by atoms with Gasteiger partial charge in [-0.15, -0.1) is 0 Å². The van der Waals surface area contributed by atoms with Crippen molar-refractivity contribution in [1.82, 2.24) is 4.90 Å². The van der Waals surface area contributed by atoms with Crippen LogP contribution in [0.5, 0.6) is 5.75 Å². The van der Waals surface area contributed by atoms with Gasteiger partial charge >= 0.3 is 10.1 Å². The van der Waals surface area contributed by atoms with E-state index in [1.807, 2.05) is 30.9 Å². The Hall–Kier alpha value is -1.56. The summed E-state index contributed by atoms with van der Waals surface area (Å²) in [5, 5.41) is 0. The average Bonchev–Trinajstić information content (AvgIpc) is 3.12. The van der Waals surface area contributed by atoms with Gasteiger partial charge in [0.15, 0.2) is 0 Å². The summed E-state index contributed by atoms with van der Waals surface area (Å²) in [4.78, 5) is 14.6. The minimum absolute atomic E-state index is 0.0641. The number of benzene rings is 1.